The van der Waals surface area contributed by atoms with E-state index in [1.54, 1.807) is 24.6 Å². The van der Waals surface area contributed by atoms with Gasteiger partial charge in [-0.15, -0.1) is 11.3 Å². The first-order valence-electron chi connectivity index (χ1n) is 9.40. The molecule has 28 heavy (non-hydrogen) atoms. The molecule has 1 aliphatic rings. The zero-order chi connectivity index (χ0) is 19.9. The van der Waals surface area contributed by atoms with Crippen LogP contribution in [0.25, 0.3) is 0 Å². The maximum atomic E-state index is 11.4. The third kappa shape index (κ3) is 5.19. The molecule has 1 amide bonds. The van der Waals surface area contributed by atoms with Gasteiger partial charge in [0.2, 0.25) is 5.91 Å². The van der Waals surface area contributed by atoms with Crippen LogP contribution in [0.15, 0.2) is 29.5 Å². The summed E-state index contributed by atoms with van der Waals surface area (Å²) in [4.78, 5) is 28.0. The Labute approximate surface area is 169 Å². The van der Waals surface area contributed by atoms with Gasteiger partial charge >= 0.3 is 0 Å². The topological polar surface area (TPSA) is 109 Å². The second-order valence-corrected chi connectivity index (χ2v) is 8.11. The number of guanidine groups is 1. The summed E-state index contributed by atoms with van der Waals surface area (Å²) in [7, 11) is 1.75. The minimum absolute atomic E-state index is 0.0286. The first kappa shape index (κ1) is 20.1. The molecule has 2 aromatic heterocycles. The Bertz CT molecular complexity index is 827. The number of thiazole rings is 1. The van der Waals surface area contributed by atoms with Crippen LogP contribution in [0.4, 0.5) is 5.82 Å². The molecule has 1 saturated heterocycles. The number of hydrogen-bond acceptors (Lipinski definition) is 6. The van der Waals surface area contributed by atoms with Gasteiger partial charge in [0.1, 0.15) is 10.8 Å². The van der Waals surface area contributed by atoms with Crippen molar-refractivity contribution in [1.82, 2.24) is 20.6 Å². The number of carbonyl (C=O) groups is 1. The number of aliphatic imine (C=N–C) groups is 1. The highest BCUT2D eigenvalue weighted by Crippen LogP contribution is 2.24. The van der Waals surface area contributed by atoms with Gasteiger partial charge in [-0.1, -0.05) is 6.07 Å². The number of nitrogens with zero attached hydrogens (tertiary/aromatic N) is 4. The van der Waals surface area contributed by atoms with Crippen molar-refractivity contribution in [3.8, 4) is 0 Å². The molecule has 4 N–H and O–H groups in total. The minimum atomic E-state index is -0.201. The molecule has 2 aromatic rings. The molecule has 0 spiro atoms. The first-order chi connectivity index (χ1) is 13.6. The minimum Gasteiger partial charge on any atom is -0.369 e. The lowest BCUT2D eigenvalue weighted by molar-refractivity contribution is -0.122. The lowest BCUT2D eigenvalue weighted by Crippen LogP contribution is -2.40. The molecule has 3 heterocycles. The van der Waals surface area contributed by atoms with Gasteiger partial charge in [-0.05, 0) is 25.8 Å². The van der Waals surface area contributed by atoms with E-state index >= 15 is 0 Å². The molecule has 150 valence electrons. The molecule has 0 aliphatic carbocycles. The van der Waals surface area contributed by atoms with E-state index in [1.807, 2.05) is 19.2 Å². The van der Waals surface area contributed by atoms with E-state index in [0.717, 1.165) is 48.3 Å². The summed E-state index contributed by atoms with van der Waals surface area (Å²) in [6.07, 6.45) is 5.22. The van der Waals surface area contributed by atoms with Crippen molar-refractivity contribution < 1.29 is 4.79 Å². The Morgan fingerprint density at radius 1 is 1.32 bits per heavy atom. The van der Waals surface area contributed by atoms with Crippen molar-refractivity contribution >= 4 is 29.0 Å². The monoisotopic (exact) mass is 401 g/mol. The number of aromatic nitrogens is 2. The zero-order valence-electron chi connectivity index (χ0n) is 16.3. The van der Waals surface area contributed by atoms with Gasteiger partial charge in [-0.25, -0.2) is 9.97 Å². The third-order valence-corrected chi connectivity index (χ3v) is 5.72. The van der Waals surface area contributed by atoms with E-state index in [1.165, 1.54) is 4.88 Å². The smallest absolute Gasteiger partial charge is 0.220 e. The number of primary amides is 1. The fraction of sp³-hybridized carbons (Fsp3) is 0.474. The fourth-order valence-corrected chi connectivity index (χ4v) is 4.00. The normalized spacial score (nSPS) is 15.5. The van der Waals surface area contributed by atoms with Crippen molar-refractivity contribution in [3.05, 3.63) is 40.0 Å². The molecule has 0 bridgehead atoms. The van der Waals surface area contributed by atoms with Gasteiger partial charge in [0.15, 0.2) is 5.96 Å². The van der Waals surface area contributed by atoms with Crippen molar-refractivity contribution in [3.63, 3.8) is 0 Å². The fourth-order valence-electron chi connectivity index (χ4n) is 3.27. The standard InChI is InChI=1S/C19H27N7OS/c1-13-10-23-16(28-13)12-25-19(21-2)24-11-15-4-3-7-22-18(15)26-8-5-14(6-9-26)17(20)27/h3-4,7,10,14H,5-6,8-9,11-12H2,1-2H3,(H2,20,27)(H2,21,24,25). The van der Waals surface area contributed by atoms with Gasteiger partial charge in [0, 0.05) is 55.4 Å². The summed E-state index contributed by atoms with van der Waals surface area (Å²) in [6.45, 7) is 4.86. The average molecular weight is 402 g/mol. The van der Waals surface area contributed by atoms with Crippen LogP contribution >= 0.6 is 11.3 Å². The number of amides is 1. The Hall–Kier alpha value is -2.68. The quantitative estimate of drug-likeness (QED) is 0.499. The third-order valence-electron chi connectivity index (χ3n) is 4.81. The van der Waals surface area contributed by atoms with E-state index in [9.17, 15) is 4.79 Å². The van der Waals surface area contributed by atoms with Crippen LogP contribution in [0.3, 0.4) is 0 Å². The van der Waals surface area contributed by atoms with Crippen LogP contribution in [0.1, 0.15) is 28.3 Å². The van der Waals surface area contributed by atoms with Crippen LogP contribution in [0, 0.1) is 12.8 Å². The van der Waals surface area contributed by atoms with Gasteiger partial charge in [0.25, 0.3) is 0 Å². The number of aryl methyl sites for hydroxylation is 1. The van der Waals surface area contributed by atoms with E-state index in [2.05, 4.69) is 36.6 Å². The second-order valence-electron chi connectivity index (χ2n) is 6.79. The molecule has 0 saturated carbocycles. The van der Waals surface area contributed by atoms with Crippen molar-refractivity contribution in [1.29, 1.82) is 0 Å². The van der Waals surface area contributed by atoms with Crippen LogP contribution in [-0.2, 0) is 17.9 Å². The number of pyridine rings is 1. The maximum absolute atomic E-state index is 11.4. The van der Waals surface area contributed by atoms with Gasteiger partial charge < -0.3 is 21.3 Å². The van der Waals surface area contributed by atoms with E-state index in [-0.39, 0.29) is 11.8 Å². The number of nitrogens with two attached hydrogens (primary N) is 1. The van der Waals surface area contributed by atoms with Crippen LogP contribution in [0.2, 0.25) is 0 Å². The predicted octanol–water partition coefficient (Wildman–Crippen LogP) is 1.41. The number of nitrogens with one attached hydrogen (secondary N) is 2. The van der Waals surface area contributed by atoms with Gasteiger partial charge in [0.05, 0.1) is 6.54 Å². The molecule has 0 aromatic carbocycles. The molecular weight excluding hydrogens is 374 g/mol. The van der Waals surface area contributed by atoms with Crippen LogP contribution in [-0.4, -0.2) is 42.0 Å². The van der Waals surface area contributed by atoms with Crippen molar-refractivity contribution in [2.24, 2.45) is 16.6 Å². The SMILES string of the molecule is CN=C(NCc1ncc(C)s1)NCc1cccnc1N1CCC(C(N)=O)CC1. The highest BCUT2D eigenvalue weighted by atomic mass is 32.1. The summed E-state index contributed by atoms with van der Waals surface area (Å²) < 4.78 is 0. The predicted molar refractivity (Wildman–Crippen MR) is 112 cm³/mol. The molecule has 0 atom stereocenters. The van der Waals surface area contributed by atoms with Crippen molar-refractivity contribution in [2.75, 3.05) is 25.0 Å². The number of carbonyl (C=O) groups excluding carboxylic acids is 1. The molecule has 1 fully saturated rings. The average Bonchev–Trinajstić information content (AvgIpc) is 3.13. The molecule has 9 heteroatoms. The summed E-state index contributed by atoms with van der Waals surface area (Å²) in [6, 6.07) is 4.00. The molecule has 0 unspecified atom stereocenters. The number of anilines is 1. The van der Waals surface area contributed by atoms with E-state index in [0.29, 0.717) is 13.1 Å². The first-order valence-corrected chi connectivity index (χ1v) is 10.2. The van der Waals surface area contributed by atoms with E-state index in [4.69, 9.17) is 5.73 Å². The number of rotatable bonds is 6. The molecule has 0 radical (unpaired) electrons. The molecule has 8 nitrogen and oxygen atoms in total. The van der Waals surface area contributed by atoms with Crippen LogP contribution < -0.4 is 21.3 Å². The van der Waals surface area contributed by atoms with Crippen molar-refractivity contribution in [2.45, 2.75) is 32.9 Å². The lowest BCUT2D eigenvalue weighted by atomic mass is 9.96. The number of hydrogen-bond donors (Lipinski definition) is 3. The van der Waals surface area contributed by atoms with Gasteiger partial charge in [-0.3, -0.25) is 9.79 Å². The second kappa shape index (κ2) is 9.50. The maximum Gasteiger partial charge on any atom is 0.220 e. The summed E-state index contributed by atoms with van der Waals surface area (Å²) >= 11 is 1.67. The Balaban J connectivity index is 1.57. The zero-order valence-corrected chi connectivity index (χ0v) is 17.1. The van der Waals surface area contributed by atoms with Gasteiger partial charge in [-0.2, -0.15) is 0 Å². The highest BCUT2D eigenvalue weighted by Gasteiger charge is 2.24. The lowest BCUT2D eigenvalue weighted by Gasteiger charge is -2.32. The Kier molecular flexibility index (Phi) is 6.80. The number of piperidine rings is 1. The molecule has 1 aliphatic heterocycles. The Morgan fingerprint density at radius 3 is 2.71 bits per heavy atom. The Morgan fingerprint density at radius 2 is 2.07 bits per heavy atom. The van der Waals surface area contributed by atoms with Crippen LogP contribution in [0.5, 0.6) is 0 Å². The van der Waals surface area contributed by atoms with E-state index < -0.39 is 0 Å². The summed E-state index contributed by atoms with van der Waals surface area (Å²) in [5.74, 6) is 1.44. The summed E-state index contributed by atoms with van der Waals surface area (Å²) in [5.41, 5.74) is 6.53. The largest absolute Gasteiger partial charge is 0.369 e. The molecule has 3 rings (SSSR count). The summed E-state index contributed by atoms with van der Waals surface area (Å²) in [5, 5.41) is 7.66. The highest BCUT2D eigenvalue weighted by molar-refractivity contribution is 7.11. The molecular formula is C19H27N7OS.